The van der Waals surface area contributed by atoms with Crippen LogP contribution in [0.3, 0.4) is 0 Å². The lowest BCUT2D eigenvalue weighted by Crippen LogP contribution is -2.64. The largest absolute Gasteiger partial charge is 0.503 e. The summed E-state index contributed by atoms with van der Waals surface area (Å²) in [5, 5.41) is 18.8. The maximum atomic E-state index is 14.1. The fraction of sp³-hybridized carbons (Fsp3) is 0.333. The predicted molar refractivity (Wildman–Crippen MR) is 111 cm³/mol. The minimum Gasteiger partial charge on any atom is -0.503 e. The van der Waals surface area contributed by atoms with E-state index < -0.39 is 59.2 Å². The highest BCUT2D eigenvalue weighted by Gasteiger charge is 2.52. The molecule has 0 saturated carbocycles. The van der Waals surface area contributed by atoms with E-state index in [1.165, 1.54) is 23.8 Å². The van der Waals surface area contributed by atoms with Gasteiger partial charge in [0.2, 0.25) is 5.43 Å². The van der Waals surface area contributed by atoms with E-state index in [1.807, 2.05) is 0 Å². The van der Waals surface area contributed by atoms with Crippen LogP contribution in [0.15, 0.2) is 29.2 Å². The Kier molecular flexibility index (Phi) is 5.20. The van der Waals surface area contributed by atoms with Crippen molar-refractivity contribution in [1.29, 1.82) is 0 Å². The van der Waals surface area contributed by atoms with Gasteiger partial charge in [0.1, 0.15) is 23.2 Å². The minimum absolute atomic E-state index is 0.00248. The molecule has 8 nitrogen and oxygen atoms in total. The topological polar surface area (TPSA) is 97.5 Å². The first kappa shape index (κ1) is 22.5. The molecule has 0 spiro atoms. The molecular formula is C21H16F4N4O4S. The molecule has 0 aliphatic carbocycles. The molecule has 1 aromatic carbocycles. The summed E-state index contributed by atoms with van der Waals surface area (Å²) in [5.74, 6) is -6.60. The SMILES string of the molecule is C[C@H]1N2C(=O)c3c(O)c(=O)c(-c4nnc(Cc5ccc(F)cc5F)s4)cn3C[C@@H]2OCC1(F)F. The lowest BCUT2D eigenvalue weighted by molar-refractivity contribution is -0.224. The van der Waals surface area contributed by atoms with Crippen LogP contribution in [-0.4, -0.2) is 55.5 Å². The van der Waals surface area contributed by atoms with Crippen LogP contribution in [-0.2, 0) is 17.7 Å². The maximum Gasteiger partial charge on any atom is 0.290 e. The Morgan fingerprint density at radius 1 is 1.26 bits per heavy atom. The Hall–Kier alpha value is -3.32. The number of alkyl halides is 2. The van der Waals surface area contributed by atoms with Gasteiger partial charge < -0.3 is 19.3 Å². The average Bonchev–Trinajstić information content (AvgIpc) is 3.23. The van der Waals surface area contributed by atoms with Gasteiger partial charge in [-0.2, -0.15) is 0 Å². The van der Waals surface area contributed by atoms with Crippen molar-refractivity contribution < 1.29 is 32.2 Å². The molecule has 3 aromatic rings. The van der Waals surface area contributed by atoms with Gasteiger partial charge >= 0.3 is 0 Å². The van der Waals surface area contributed by atoms with E-state index >= 15 is 0 Å². The maximum absolute atomic E-state index is 14.1. The molecule has 178 valence electrons. The van der Waals surface area contributed by atoms with Crippen molar-refractivity contribution in [3.8, 4) is 16.3 Å². The van der Waals surface area contributed by atoms with Crippen LogP contribution in [0.5, 0.6) is 5.75 Å². The Labute approximate surface area is 193 Å². The van der Waals surface area contributed by atoms with Gasteiger partial charge in [-0.15, -0.1) is 10.2 Å². The number of ether oxygens (including phenoxy) is 1. The third-order valence-corrected chi connectivity index (χ3v) is 6.86. The van der Waals surface area contributed by atoms with E-state index in [-0.39, 0.29) is 29.1 Å². The molecule has 0 unspecified atom stereocenters. The fourth-order valence-corrected chi connectivity index (χ4v) is 4.90. The van der Waals surface area contributed by atoms with Crippen LogP contribution < -0.4 is 5.43 Å². The van der Waals surface area contributed by atoms with Gasteiger partial charge in [0.15, 0.2) is 22.7 Å². The number of amides is 1. The Bertz CT molecular complexity index is 1380. The summed E-state index contributed by atoms with van der Waals surface area (Å²) in [6, 6.07) is 1.64. The highest BCUT2D eigenvalue weighted by Crippen LogP contribution is 2.36. The molecular weight excluding hydrogens is 480 g/mol. The lowest BCUT2D eigenvalue weighted by Gasteiger charge is -2.47. The van der Waals surface area contributed by atoms with Crippen LogP contribution in [0.25, 0.3) is 10.6 Å². The summed E-state index contributed by atoms with van der Waals surface area (Å²) >= 11 is 0.958. The first-order valence-electron chi connectivity index (χ1n) is 10.1. The molecule has 1 fully saturated rings. The Morgan fingerprint density at radius 2 is 2.03 bits per heavy atom. The van der Waals surface area contributed by atoms with Crippen LogP contribution >= 0.6 is 11.3 Å². The number of benzene rings is 1. The molecule has 2 aromatic heterocycles. The zero-order chi connectivity index (χ0) is 24.4. The van der Waals surface area contributed by atoms with Crippen LogP contribution in [0.2, 0.25) is 0 Å². The van der Waals surface area contributed by atoms with E-state index in [1.54, 1.807) is 0 Å². The molecule has 2 atom stereocenters. The molecule has 1 amide bonds. The number of nitrogens with zero attached hydrogens (tertiary/aromatic N) is 4. The van der Waals surface area contributed by atoms with Gasteiger partial charge in [0.25, 0.3) is 11.8 Å². The highest BCUT2D eigenvalue weighted by atomic mass is 32.1. The van der Waals surface area contributed by atoms with Crippen molar-refractivity contribution in [2.24, 2.45) is 0 Å². The summed E-state index contributed by atoms with van der Waals surface area (Å²) in [4.78, 5) is 26.6. The number of hydrogen-bond acceptors (Lipinski definition) is 7. The third-order valence-electron chi connectivity index (χ3n) is 5.91. The predicted octanol–water partition coefficient (Wildman–Crippen LogP) is 2.78. The van der Waals surface area contributed by atoms with E-state index in [2.05, 4.69) is 10.2 Å². The van der Waals surface area contributed by atoms with Gasteiger partial charge in [-0.05, 0) is 18.6 Å². The molecule has 13 heteroatoms. The number of aromatic nitrogens is 3. The molecule has 0 bridgehead atoms. The number of carbonyl (C=O) groups is 1. The standard InChI is InChI=1S/C21H16F4N4O4S/c1-9-21(24,25)8-33-15-7-28-6-12(17(30)18(31)16(28)20(32)29(9)15)19-27-26-14(34-19)4-10-2-3-11(22)5-13(10)23/h2-3,5-6,9,15,31H,4,7-8H2,1H3/t9-,15+/m1/s1. The molecule has 1 saturated heterocycles. The van der Waals surface area contributed by atoms with Crippen molar-refractivity contribution in [2.75, 3.05) is 6.61 Å². The second-order valence-corrected chi connectivity index (χ2v) is 9.11. The van der Waals surface area contributed by atoms with Crippen molar-refractivity contribution in [2.45, 2.75) is 38.1 Å². The van der Waals surface area contributed by atoms with Crippen LogP contribution in [0.1, 0.15) is 28.0 Å². The van der Waals surface area contributed by atoms with Gasteiger partial charge in [-0.3, -0.25) is 9.59 Å². The van der Waals surface area contributed by atoms with Gasteiger partial charge in [0, 0.05) is 18.7 Å². The number of halogens is 4. The van der Waals surface area contributed by atoms with E-state index in [9.17, 15) is 32.3 Å². The monoisotopic (exact) mass is 496 g/mol. The van der Waals surface area contributed by atoms with Crippen molar-refractivity contribution in [1.82, 2.24) is 19.7 Å². The van der Waals surface area contributed by atoms with Gasteiger partial charge in [-0.1, -0.05) is 17.4 Å². The second kappa shape index (κ2) is 7.87. The van der Waals surface area contributed by atoms with Crippen LogP contribution in [0, 0.1) is 11.6 Å². The number of pyridine rings is 1. The highest BCUT2D eigenvalue weighted by molar-refractivity contribution is 7.14. The zero-order valence-electron chi connectivity index (χ0n) is 17.5. The summed E-state index contributed by atoms with van der Waals surface area (Å²) in [6.45, 7) is 0.227. The summed E-state index contributed by atoms with van der Waals surface area (Å²) in [6.07, 6.45) is 0.282. The number of hydrogen-bond donors (Lipinski definition) is 1. The Balaban J connectivity index is 1.50. The van der Waals surface area contributed by atoms with Crippen molar-refractivity contribution >= 4 is 17.2 Å². The number of aromatic hydroxyl groups is 1. The van der Waals surface area contributed by atoms with Crippen molar-refractivity contribution in [3.05, 3.63) is 62.5 Å². The summed E-state index contributed by atoms with van der Waals surface area (Å²) in [5.41, 5.74) is -1.23. The number of carbonyl (C=O) groups excluding carboxylic acids is 1. The number of rotatable bonds is 3. The first-order chi connectivity index (χ1) is 16.1. The quantitative estimate of drug-likeness (QED) is 0.561. The molecule has 34 heavy (non-hydrogen) atoms. The molecule has 5 rings (SSSR count). The van der Waals surface area contributed by atoms with Gasteiger partial charge in [0.05, 0.1) is 18.2 Å². The van der Waals surface area contributed by atoms with E-state index in [4.69, 9.17) is 4.74 Å². The van der Waals surface area contributed by atoms with Crippen molar-refractivity contribution in [3.63, 3.8) is 0 Å². The zero-order valence-corrected chi connectivity index (χ0v) is 18.3. The summed E-state index contributed by atoms with van der Waals surface area (Å²) in [7, 11) is 0. The second-order valence-electron chi connectivity index (χ2n) is 8.05. The third kappa shape index (κ3) is 3.55. The van der Waals surface area contributed by atoms with E-state index in [0.29, 0.717) is 5.01 Å². The van der Waals surface area contributed by atoms with E-state index in [0.717, 1.165) is 28.4 Å². The van der Waals surface area contributed by atoms with Crippen LogP contribution in [0.4, 0.5) is 17.6 Å². The first-order valence-corrected chi connectivity index (χ1v) is 10.9. The fourth-order valence-electron chi connectivity index (χ4n) is 4.03. The normalized spacial score (nSPS) is 21.3. The van der Waals surface area contributed by atoms with Gasteiger partial charge in [-0.25, -0.2) is 17.6 Å². The smallest absolute Gasteiger partial charge is 0.290 e. The minimum atomic E-state index is -3.28. The molecule has 2 aliphatic rings. The molecule has 4 heterocycles. The summed E-state index contributed by atoms with van der Waals surface area (Å²) < 4.78 is 61.7. The average molecular weight is 496 g/mol. The molecule has 1 N–H and O–H groups in total. The molecule has 2 aliphatic heterocycles. The lowest BCUT2D eigenvalue weighted by atomic mass is 10.0. The number of fused-ring (bicyclic) bond motifs is 2. The molecule has 0 radical (unpaired) electrons. The Morgan fingerprint density at radius 3 is 2.76 bits per heavy atom.